The summed E-state index contributed by atoms with van der Waals surface area (Å²) in [4.78, 5) is 9.27. The molecule has 0 atom stereocenters. The van der Waals surface area contributed by atoms with Crippen molar-refractivity contribution in [3.63, 3.8) is 0 Å². The van der Waals surface area contributed by atoms with Crippen LogP contribution in [0.25, 0.3) is 0 Å². The molecule has 0 unspecified atom stereocenters. The van der Waals surface area contributed by atoms with Crippen LogP contribution in [-0.4, -0.2) is 5.94 Å². The van der Waals surface area contributed by atoms with Gasteiger partial charge in [0.1, 0.15) is 5.94 Å². The largest absolute Gasteiger partial charge is 0.233 e. The standard InChI is InChI=1S/C4H2OS/c1-2-6-4-3-5/h1,4H. The molecular weight excluding hydrogens is 96.1 g/mol. The highest BCUT2D eigenvalue weighted by Crippen LogP contribution is 1.90. The minimum atomic E-state index is 0.987. The molecule has 2 heteroatoms. The fourth-order valence-corrected chi connectivity index (χ4v) is 0.174. The predicted molar refractivity (Wildman–Crippen MR) is 26.7 cm³/mol. The lowest BCUT2D eigenvalue weighted by Crippen LogP contribution is -1.39. The monoisotopic (exact) mass is 98.0 g/mol. The molecule has 0 aliphatic heterocycles. The Kier molecular flexibility index (Phi) is 3.89. The van der Waals surface area contributed by atoms with Gasteiger partial charge in [-0.3, -0.25) is 0 Å². The Balaban J connectivity index is 3.16. The Hall–Kier alpha value is -0.640. The fraction of sp³-hybridized carbons (Fsp3) is 0. The van der Waals surface area contributed by atoms with Gasteiger partial charge in [0.2, 0.25) is 0 Å². The van der Waals surface area contributed by atoms with Crippen LogP contribution >= 0.6 is 11.8 Å². The third-order valence-electron chi connectivity index (χ3n) is 0.175. The first kappa shape index (κ1) is 5.36. The number of hydrogen-bond donors (Lipinski definition) is 0. The second-order valence-electron chi connectivity index (χ2n) is 0.471. The van der Waals surface area contributed by atoms with E-state index < -0.39 is 0 Å². The summed E-state index contributed by atoms with van der Waals surface area (Å²) in [5.41, 5.74) is 0. The van der Waals surface area contributed by atoms with Crippen LogP contribution in [0.2, 0.25) is 0 Å². The van der Waals surface area contributed by atoms with E-state index in [9.17, 15) is 4.79 Å². The molecule has 0 saturated heterocycles. The Morgan fingerprint density at radius 3 is 2.67 bits per heavy atom. The predicted octanol–water partition coefficient (Wildman–Crippen LogP) is 0.656. The zero-order chi connectivity index (χ0) is 4.83. The van der Waals surface area contributed by atoms with Gasteiger partial charge in [-0.1, -0.05) is 0 Å². The molecule has 6 heavy (non-hydrogen) atoms. The van der Waals surface area contributed by atoms with E-state index in [0.717, 1.165) is 11.8 Å². The maximum Gasteiger partial charge on any atom is 0.132 e. The number of terminal acetylenes is 1. The second kappa shape index (κ2) is 4.36. The van der Waals surface area contributed by atoms with Crippen molar-refractivity contribution in [1.29, 1.82) is 0 Å². The van der Waals surface area contributed by atoms with Crippen molar-refractivity contribution in [3.8, 4) is 11.7 Å². The lowest BCUT2D eigenvalue weighted by Gasteiger charge is -1.58. The minimum Gasteiger partial charge on any atom is -0.233 e. The molecule has 0 amide bonds. The van der Waals surface area contributed by atoms with Crippen molar-refractivity contribution in [3.05, 3.63) is 5.41 Å². The van der Waals surface area contributed by atoms with Crippen molar-refractivity contribution in [1.82, 2.24) is 0 Å². The maximum atomic E-state index is 9.27. The van der Waals surface area contributed by atoms with Crippen LogP contribution in [0.3, 0.4) is 0 Å². The van der Waals surface area contributed by atoms with E-state index in [0.29, 0.717) is 0 Å². The zero-order valence-electron chi connectivity index (χ0n) is 2.97. The van der Waals surface area contributed by atoms with Crippen LogP contribution in [0.4, 0.5) is 0 Å². The first-order chi connectivity index (χ1) is 2.91. The summed E-state index contributed by atoms with van der Waals surface area (Å²) >= 11 is 0.987. The van der Waals surface area contributed by atoms with Crippen LogP contribution < -0.4 is 0 Å². The quantitative estimate of drug-likeness (QED) is 0.354. The minimum absolute atomic E-state index is 0.987. The molecule has 0 aromatic rings. The number of hydrogen-bond acceptors (Lipinski definition) is 2. The molecule has 0 heterocycles. The molecular formula is C4H2OS. The highest BCUT2D eigenvalue weighted by atomic mass is 32.2. The van der Waals surface area contributed by atoms with Crippen molar-refractivity contribution in [2.45, 2.75) is 0 Å². The summed E-state index contributed by atoms with van der Waals surface area (Å²) < 4.78 is 0. The highest BCUT2D eigenvalue weighted by Gasteiger charge is 1.59. The van der Waals surface area contributed by atoms with Crippen molar-refractivity contribution < 1.29 is 4.79 Å². The molecule has 1 nitrogen and oxygen atoms in total. The van der Waals surface area contributed by atoms with Crippen molar-refractivity contribution >= 4 is 17.7 Å². The lowest BCUT2D eigenvalue weighted by molar-refractivity contribution is 0.569. The van der Waals surface area contributed by atoms with Gasteiger partial charge in [0.25, 0.3) is 0 Å². The lowest BCUT2D eigenvalue weighted by atomic mass is 11.2. The normalized spacial score (nSPS) is 5.17. The van der Waals surface area contributed by atoms with Gasteiger partial charge in [-0.25, -0.2) is 4.79 Å². The molecule has 0 aliphatic rings. The molecule has 0 bridgehead atoms. The Bertz CT molecular complexity index is 105. The molecule has 0 fully saturated rings. The summed E-state index contributed by atoms with van der Waals surface area (Å²) in [7, 11) is 0. The summed E-state index contributed by atoms with van der Waals surface area (Å²) in [5, 5.41) is 3.35. The average molecular weight is 98.1 g/mol. The van der Waals surface area contributed by atoms with Crippen molar-refractivity contribution in [2.24, 2.45) is 0 Å². The van der Waals surface area contributed by atoms with E-state index in [2.05, 4.69) is 5.25 Å². The summed E-state index contributed by atoms with van der Waals surface area (Å²) in [6, 6.07) is 0. The molecule has 0 N–H and O–H groups in total. The summed E-state index contributed by atoms with van der Waals surface area (Å²) in [6.45, 7) is 0. The Labute approximate surface area is 40.4 Å². The molecule has 0 saturated carbocycles. The van der Waals surface area contributed by atoms with E-state index in [4.69, 9.17) is 6.42 Å². The van der Waals surface area contributed by atoms with Gasteiger partial charge < -0.3 is 0 Å². The van der Waals surface area contributed by atoms with E-state index in [1.807, 2.05) is 0 Å². The topological polar surface area (TPSA) is 17.1 Å². The van der Waals surface area contributed by atoms with Gasteiger partial charge in [-0.2, -0.15) is 0 Å². The van der Waals surface area contributed by atoms with E-state index in [-0.39, 0.29) is 0 Å². The van der Waals surface area contributed by atoms with Gasteiger partial charge in [0.05, 0.1) is 5.41 Å². The molecule has 0 rings (SSSR count). The van der Waals surface area contributed by atoms with Crippen LogP contribution in [0, 0.1) is 11.7 Å². The smallest absolute Gasteiger partial charge is 0.132 e. The Morgan fingerprint density at radius 1 is 1.83 bits per heavy atom. The average Bonchev–Trinajstić information content (AvgIpc) is 1.61. The van der Waals surface area contributed by atoms with Gasteiger partial charge in [0, 0.05) is 0 Å². The van der Waals surface area contributed by atoms with Gasteiger partial charge in [-0.05, 0) is 17.0 Å². The van der Waals surface area contributed by atoms with Crippen LogP contribution in [0.1, 0.15) is 0 Å². The maximum absolute atomic E-state index is 9.27. The van der Waals surface area contributed by atoms with E-state index in [1.165, 1.54) is 11.3 Å². The number of thioether (sulfide) groups is 1. The third-order valence-corrected chi connectivity index (χ3v) is 0.525. The molecule has 0 spiro atoms. The molecule has 0 aromatic carbocycles. The number of rotatable bonds is 1. The van der Waals surface area contributed by atoms with E-state index in [1.54, 1.807) is 0 Å². The zero-order valence-corrected chi connectivity index (χ0v) is 3.79. The number of carbonyl (C=O) groups excluding carboxylic acids is 1. The van der Waals surface area contributed by atoms with Crippen LogP contribution in [0.15, 0.2) is 5.41 Å². The van der Waals surface area contributed by atoms with Gasteiger partial charge >= 0.3 is 0 Å². The van der Waals surface area contributed by atoms with Crippen LogP contribution in [-0.2, 0) is 4.79 Å². The second-order valence-corrected chi connectivity index (χ2v) is 1.18. The fourth-order valence-electron chi connectivity index (χ4n) is 0.0581. The molecule has 30 valence electrons. The third kappa shape index (κ3) is 3.36. The SMILES string of the molecule is C#CSC=C=O. The summed E-state index contributed by atoms with van der Waals surface area (Å²) in [5.74, 6) is 1.51. The molecule has 0 aromatic heterocycles. The van der Waals surface area contributed by atoms with Crippen molar-refractivity contribution in [2.75, 3.05) is 0 Å². The van der Waals surface area contributed by atoms with Crippen LogP contribution in [0.5, 0.6) is 0 Å². The first-order valence-electron chi connectivity index (χ1n) is 1.22. The molecule has 0 aliphatic carbocycles. The molecule has 0 radical (unpaired) electrons. The Morgan fingerprint density at radius 2 is 2.50 bits per heavy atom. The first-order valence-corrected chi connectivity index (χ1v) is 2.10. The highest BCUT2D eigenvalue weighted by molar-refractivity contribution is 8.06. The van der Waals surface area contributed by atoms with Gasteiger partial charge in [0.15, 0.2) is 0 Å². The summed E-state index contributed by atoms with van der Waals surface area (Å²) in [6.07, 6.45) is 4.72. The van der Waals surface area contributed by atoms with Gasteiger partial charge in [-0.15, -0.1) is 6.42 Å². The van der Waals surface area contributed by atoms with E-state index >= 15 is 0 Å².